The predicted octanol–water partition coefficient (Wildman–Crippen LogP) is 2.75. The van der Waals surface area contributed by atoms with Gasteiger partial charge in [-0.05, 0) is 43.7 Å². The number of fused-ring (bicyclic) bond motifs is 1. The summed E-state index contributed by atoms with van der Waals surface area (Å²) in [5.74, 6) is 1.59. The number of ether oxygens (including phenoxy) is 1. The molecule has 1 aromatic heterocycles. The van der Waals surface area contributed by atoms with E-state index in [0.717, 1.165) is 30.0 Å². The molecule has 0 bridgehead atoms. The van der Waals surface area contributed by atoms with Crippen LogP contribution in [0.25, 0.3) is 0 Å². The van der Waals surface area contributed by atoms with Gasteiger partial charge in [0.2, 0.25) is 5.91 Å². The van der Waals surface area contributed by atoms with Gasteiger partial charge in [-0.3, -0.25) is 9.69 Å². The summed E-state index contributed by atoms with van der Waals surface area (Å²) in [5.41, 5.74) is 0.438. The van der Waals surface area contributed by atoms with E-state index >= 15 is 0 Å². The molecule has 24 heavy (non-hydrogen) atoms. The van der Waals surface area contributed by atoms with E-state index in [1.54, 1.807) is 11.1 Å². The summed E-state index contributed by atoms with van der Waals surface area (Å²) >= 11 is 4.35. The van der Waals surface area contributed by atoms with Crippen LogP contribution in [0.2, 0.25) is 0 Å². The third kappa shape index (κ3) is 3.54. The molecule has 0 aromatic carbocycles. The van der Waals surface area contributed by atoms with E-state index in [-0.39, 0.29) is 11.9 Å². The minimum atomic E-state index is -0.616. The standard InChI is InChI=1S/C18H26N2O3S/c1-3-18(22)9-14(10-18)20-16(21)5-4-13-8-15(11-19-17(13)20)23-7-6-12(2)24/h8,11-12,14,22,24H,3-7,9-10H2,1-2H3. The second-order valence-electron chi connectivity index (χ2n) is 7.04. The summed E-state index contributed by atoms with van der Waals surface area (Å²) in [4.78, 5) is 18.7. The van der Waals surface area contributed by atoms with Gasteiger partial charge in [-0.15, -0.1) is 0 Å². The zero-order chi connectivity index (χ0) is 17.3. The Bertz CT molecular complexity index is 614. The first-order chi connectivity index (χ1) is 11.4. The van der Waals surface area contributed by atoms with Crippen LogP contribution in [0.1, 0.15) is 51.5 Å². The van der Waals surface area contributed by atoms with E-state index < -0.39 is 5.60 Å². The summed E-state index contributed by atoms with van der Waals surface area (Å²) in [5, 5.41) is 10.6. The van der Waals surface area contributed by atoms with E-state index in [1.165, 1.54) is 0 Å². The molecule has 6 heteroatoms. The fourth-order valence-corrected chi connectivity index (χ4v) is 3.56. The van der Waals surface area contributed by atoms with Crippen molar-refractivity contribution in [3.05, 3.63) is 17.8 Å². The van der Waals surface area contributed by atoms with Crippen LogP contribution < -0.4 is 9.64 Å². The molecule has 1 saturated carbocycles. The number of hydrogen-bond donors (Lipinski definition) is 2. The van der Waals surface area contributed by atoms with Crippen molar-refractivity contribution in [2.45, 2.75) is 69.3 Å². The first-order valence-corrected chi connectivity index (χ1v) is 9.28. The molecule has 1 unspecified atom stereocenters. The summed E-state index contributed by atoms with van der Waals surface area (Å²) in [6, 6.07) is 2.06. The molecule has 2 aliphatic rings. The first kappa shape index (κ1) is 17.5. The van der Waals surface area contributed by atoms with Crippen molar-refractivity contribution in [3.8, 4) is 5.75 Å². The van der Waals surface area contributed by atoms with Gasteiger partial charge in [-0.1, -0.05) is 13.8 Å². The van der Waals surface area contributed by atoms with Crippen LogP contribution >= 0.6 is 12.6 Å². The summed E-state index contributed by atoms with van der Waals surface area (Å²) in [6.45, 7) is 4.63. The van der Waals surface area contributed by atoms with Gasteiger partial charge in [0, 0.05) is 17.7 Å². The van der Waals surface area contributed by atoms with Gasteiger partial charge in [0.15, 0.2) is 0 Å². The third-order valence-electron chi connectivity index (χ3n) is 5.08. The van der Waals surface area contributed by atoms with Crippen molar-refractivity contribution in [3.63, 3.8) is 0 Å². The lowest BCUT2D eigenvalue weighted by Gasteiger charge is -2.49. The molecule has 1 atom stereocenters. The second kappa shape index (κ2) is 6.92. The van der Waals surface area contributed by atoms with E-state index in [1.807, 2.05) is 19.9 Å². The minimum absolute atomic E-state index is 0.0609. The quantitative estimate of drug-likeness (QED) is 0.775. The highest BCUT2D eigenvalue weighted by molar-refractivity contribution is 7.80. The van der Waals surface area contributed by atoms with Crippen LogP contribution in [0, 0.1) is 0 Å². The zero-order valence-corrected chi connectivity index (χ0v) is 15.3. The first-order valence-electron chi connectivity index (χ1n) is 8.76. The lowest BCUT2D eigenvalue weighted by Crippen LogP contribution is -2.58. The lowest BCUT2D eigenvalue weighted by molar-refractivity contribution is -0.122. The van der Waals surface area contributed by atoms with Crippen LogP contribution in [0.15, 0.2) is 12.3 Å². The Balaban J connectivity index is 1.72. The van der Waals surface area contributed by atoms with Gasteiger partial charge in [-0.2, -0.15) is 12.6 Å². The maximum absolute atomic E-state index is 12.4. The van der Waals surface area contributed by atoms with Gasteiger partial charge in [-0.25, -0.2) is 4.98 Å². The molecule has 1 amide bonds. The Morgan fingerprint density at radius 3 is 2.92 bits per heavy atom. The Morgan fingerprint density at radius 1 is 1.50 bits per heavy atom. The van der Waals surface area contributed by atoms with Gasteiger partial charge in [0.05, 0.1) is 18.4 Å². The number of carbonyl (C=O) groups excluding carboxylic acids is 1. The molecular weight excluding hydrogens is 324 g/mol. The number of aliphatic hydroxyl groups is 1. The number of aryl methyl sites for hydroxylation is 1. The predicted molar refractivity (Wildman–Crippen MR) is 96.9 cm³/mol. The van der Waals surface area contributed by atoms with Gasteiger partial charge in [0.25, 0.3) is 0 Å². The summed E-state index contributed by atoms with van der Waals surface area (Å²) in [7, 11) is 0. The van der Waals surface area contributed by atoms with Crippen molar-refractivity contribution in [2.75, 3.05) is 11.5 Å². The van der Waals surface area contributed by atoms with Crippen molar-refractivity contribution in [1.29, 1.82) is 0 Å². The fourth-order valence-electron chi connectivity index (χ4n) is 3.45. The number of rotatable bonds is 6. The van der Waals surface area contributed by atoms with Gasteiger partial charge < -0.3 is 9.84 Å². The lowest BCUT2D eigenvalue weighted by atomic mass is 9.73. The van der Waals surface area contributed by atoms with Crippen LogP contribution in [0.4, 0.5) is 5.82 Å². The van der Waals surface area contributed by atoms with Crippen molar-refractivity contribution >= 4 is 24.4 Å². The maximum atomic E-state index is 12.4. The number of aromatic nitrogens is 1. The molecule has 0 spiro atoms. The average molecular weight is 350 g/mol. The van der Waals surface area contributed by atoms with Crippen molar-refractivity contribution in [1.82, 2.24) is 4.98 Å². The fraction of sp³-hybridized carbons (Fsp3) is 0.667. The molecule has 2 heterocycles. The normalized spacial score (nSPS) is 27.4. The molecule has 5 nitrogen and oxygen atoms in total. The third-order valence-corrected chi connectivity index (χ3v) is 5.34. The molecule has 1 N–H and O–H groups in total. The number of carbonyl (C=O) groups is 1. The SMILES string of the molecule is CCC1(O)CC(N2C(=O)CCc3cc(OCCC(C)S)cnc32)C1. The van der Waals surface area contributed by atoms with Crippen LogP contribution in [0.3, 0.4) is 0 Å². The molecule has 132 valence electrons. The summed E-state index contributed by atoms with van der Waals surface area (Å²) in [6.07, 6.45) is 5.75. The number of nitrogens with zero attached hydrogens (tertiary/aromatic N) is 2. The van der Waals surface area contributed by atoms with Crippen molar-refractivity contribution in [2.24, 2.45) is 0 Å². The minimum Gasteiger partial charge on any atom is -0.492 e. The Labute approximate surface area is 148 Å². The van der Waals surface area contributed by atoms with E-state index in [4.69, 9.17) is 4.74 Å². The number of anilines is 1. The highest BCUT2D eigenvalue weighted by atomic mass is 32.1. The summed E-state index contributed by atoms with van der Waals surface area (Å²) < 4.78 is 5.74. The molecule has 1 aliphatic heterocycles. The highest BCUT2D eigenvalue weighted by Crippen LogP contribution is 2.42. The van der Waals surface area contributed by atoms with E-state index in [0.29, 0.717) is 37.5 Å². The molecule has 1 fully saturated rings. The van der Waals surface area contributed by atoms with E-state index in [9.17, 15) is 9.90 Å². The Morgan fingerprint density at radius 2 is 2.25 bits per heavy atom. The van der Waals surface area contributed by atoms with Gasteiger partial charge in [0.1, 0.15) is 11.6 Å². The smallest absolute Gasteiger partial charge is 0.228 e. The molecule has 3 rings (SSSR count). The van der Waals surface area contributed by atoms with Crippen LogP contribution in [0.5, 0.6) is 5.75 Å². The Hall–Kier alpha value is -1.27. The monoisotopic (exact) mass is 350 g/mol. The molecular formula is C18H26N2O3S. The Kier molecular flexibility index (Phi) is 5.06. The molecule has 1 aliphatic carbocycles. The van der Waals surface area contributed by atoms with E-state index in [2.05, 4.69) is 17.6 Å². The number of amides is 1. The zero-order valence-electron chi connectivity index (χ0n) is 14.4. The molecule has 0 radical (unpaired) electrons. The van der Waals surface area contributed by atoms with Gasteiger partial charge >= 0.3 is 0 Å². The highest BCUT2D eigenvalue weighted by Gasteiger charge is 2.47. The van der Waals surface area contributed by atoms with Crippen LogP contribution in [-0.2, 0) is 11.2 Å². The largest absolute Gasteiger partial charge is 0.492 e. The molecule has 0 saturated heterocycles. The van der Waals surface area contributed by atoms with Crippen molar-refractivity contribution < 1.29 is 14.6 Å². The molecule has 1 aromatic rings. The maximum Gasteiger partial charge on any atom is 0.228 e. The topological polar surface area (TPSA) is 62.7 Å². The van der Waals surface area contributed by atoms with Crippen LogP contribution in [-0.4, -0.2) is 39.5 Å². The second-order valence-corrected chi connectivity index (χ2v) is 7.93. The average Bonchev–Trinajstić information content (AvgIpc) is 2.52. The number of thiol groups is 1. The number of pyridine rings is 1. The number of hydrogen-bond acceptors (Lipinski definition) is 5.